The first kappa shape index (κ1) is 23.5. The topological polar surface area (TPSA) is 66.9 Å². The van der Waals surface area contributed by atoms with Crippen molar-refractivity contribution in [2.75, 3.05) is 31.7 Å². The molecule has 6 nitrogen and oxygen atoms in total. The van der Waals surface area contributed by atoms with E-state index in [0.717, 1.165) is 28.5 Å². The van der Waals surface area contributed by atoms with E-state index in [2.05, 4.69) is 25.1 Å². The zero-order valence-electron chi connectivity index (χ0n) is 19.0. The van der Waals surface area contributed by atoms with Crippen molar-refractivity contribution in [3.8, 4) is 5.75 Å². The Morgan fingerprint density at radius 1 is 1.19 bits per heavy atom. The number of nitrogens with zero attached hydrogens (tertiary/aromatic N) is 2. The van der Waals surface area contributed by atoms with Crippen molar-refractivity contribution >= 4 is 26.5 Å². The summed E-state index contributed by atoms with van der Waals surface area (Å²) in [5.41, 5.74) is 1.07. The van der Waals surface area contributed by atoms with Crippen LogP contribution in [-0.4, -0.2) is 67.9 Å². The summed E-state index contributed by atoms with van der Waals surface area (Å²) in [6.07, 6.45) is 1.45. The molecule has 0 saturated carbocycles. The van der Waals surface area contributed by atoms with Gasteiger partial charge in [-0.2, -0.15) is 0 Å². The van der Waals surface area contributed by atoms with E-state index >= 15 is 0 Å². The van der Waals surface area contributed by atoms with Crippen LogP contribution in [0.3, 0.4) is 0 Å². The highest BCUT2D eigenvalue weighted by Gasteiger charge is 2.36. The lowest BCUT2D eigenvalue weighted by atomic mass is 10.0. The van der Waals surface area contributed by atoms with Crippen molar-refractivity contribution in [3.05, 3.63) is 42.0 Å². The number of ether oxygens (including phenoxy) is 1. The molecule has 1 saturated heterocycles. The number of carbonyl (C=O) groups excluding carboxylic acids is 1. The quantitative estimate of drug-likeness (QED) is 0.590. The maximum atomic E-state index is 13.3. The molecule has 0 unspecified atom stereocenters. The normalized spacial score (nSPS) is 18.9. The van der Waals surface area contributed by atoms with Gasteiger partial charge < -0.3 is 9.64 Å². The lowest BCUT2D eigenvalue weighted by Gasteiger charge is -2.33. The fourth-order valence-electron chi connectivity index (χ4n) is 4.26. The van der Waals surface area contributed by atoms with Crippen LogP contribution in [0.4, 0.5) is 0 Å². The first-order chi connectivity index (χ1) is 14.8. The molecule has 2 aromatic rings. The van der Waals surface area contributed by atoms with Crippen molar-refractivity contribution in [2.24, 2.45) is 0 Å². The van der Waals surface area contributed by atoms with Crippen molar-refractivity contribution in [1.82, 2.24) is 9.80 Å². The molecule has 1 amide bonds. The number of sulfone groups is 1. The molecule has 31 heavy (non-hydrogen) atoms. The molecular formula is C24H34N2O4S. The van der Waals surface area contributed by atoms with E-state index in [-0.39, 0.29) is 29.5 Å². The molecule has 2 aromatic carbocycles. The molecule has 0 aliphatic carbocycles. The first-order valence-electron chi connectivity index (χ1n) is 11.1. The molecule has 0 bridgehead atoms. The molecule has 0 radical (unpaired) electrons. The van der Waals surface area contributed by atoms with Crippen LogP contribution in [0.5, 0.6) is 5.75 Å². The van der Waals surface area contributed by atoms with Crippen LogP contribution in [0.25, 0.3) is 10.8 Å². The average Bonchev–Trinajstić information content (AvgIpc) is 3.12. The third kappa shape index (κ3) is 5.39. The van der Waals surface area contributed by atoms with E-state index in [1.807, 2.05) is 44.0 Å². The summed E-state index contributed by atoms with van der Waals surface area (Å²) in [6, 6.07) is 11.7. The minimum Gasteiger partial charge on any atom is -0.493 e. The molecule has 170 valence electrons. The Hall–Kier alpha value is -2.12. The minimum atomic E-state index is -3.04. The van der Waals surface area contributed by atoms with Crippen LogP contribution in [-0.2, 0) is 21.2 Å². The summed E-state index contributed by atoms with van der Waals surface area (Å²) in [5, 5.41) is 2.26. The number of benzene rings is 2. The Labute approximate surface area is 186 Å². The Morgan fingerprint density at radius 2 is 1.94 bits per heavy atom. The van der Waals surface area contributed by atoms with Crippen LogP contribution in [0, 0.1) is 0 Å². The summed E-state index contributed by atoms with van der Waals surface area (Å²) in [7, 11) is -1.10. The van der Waals surface area contributed by atoms with Crippen LogP contribution in [0.2, 0.25) is 0 Å². The van der Waals surface area contributed by atoms with Gasteiger partial charge in [0.1, 0.15) is 5.75 Å². The van der Waals surface area contributed by atoms with Gasteiger partial charge in [0.2, 0.25) is 5.91 Å². The van der Waals surface area contributed by atoms with Crippen LogP contribution in [0.1, 0.15) is 39.2 Å². The second-order valence-corrected chi connectivity index (χ2v) is 10.6. The number of amides is 1. The van der Waals surface area contributed by atoms with Crippen LogP contribution >= 0.6 is 0 Å². The maximum Gasteiger partial charge on any atom is 0.239 e. The van der Waals surface area contributed by atoms with Crippen molar-refractivity contribution in [2.45, 2.75) is 52.2 Å². The molecule has 2 atom stereocenters. The smallest absolute Gasteiger partial charge is 0.239 e. The number of likely N-dealkylation sites (N-methyl/N-ethyl adjacent to an activating group) is 2. The largest absolute Gasteiger partial charge is 0.493 e. The number of hydrogen-bond donors (Lipinski definition) is 0. The zero-order chi connectivity index (χ0) is 22.6. The monoisotopic (exact) mass is 446 g/mol. The Bertz CT molecular complexity index is 1020. The third-order valence-electron chi connectivity index (χ3n) is 6.16. The van der Waals surface area contributed by atoms with Gasteiger partial charge in [0, 0.05) is 24.7 Å². The van der Waals surface area contributed by atoms with Gasteiger partial charge >= 0.3 is 0 Å². The zero-order valence-corrected chi connectivity index (χ0v) is 19.8. The van der Waals surface area contributed by atoms with Gasteiger partial charge in [0.05, 0.1) is 24.2 Å². The van der Waals surface area contributed by atoms with Gasteiger partial charge in [-0.3, -0.25) is 9.69 Å². The second-order valence-electron chi connectivity index (χ2n) is 8.38. The minimum absolute atomic E-state index is 0.0247. The molecule has 0 aromatic heterocycles. The van der Waals surface area contributed by atoms with Gasteiger partial charge in [-0.15, -0.1) is 0 Å². The Morgan fingerprint density at radius 3 is 2.58 bits per heavy atom. The molecule has 1 aliphatic heterocycles. The SMILES string of the molecule is CCCOc1ccc2ccccc2c1CN(C)[C@H](C)C(=O)N(CC)[C@@H]1CCS(=O)(=O)C1. The van der Waals surface area contributed by atoms with Gasteiger partial charge in [-0.25, -0.2) is 8.42 Å². The second kappa shape index (κ2) is 10.0. The lowest BCUT2D eigenvalue weighted by molar-refractivity contribution is -0.137. The number of carbonyl (C=O) groups is 1. The van der Waals surface area contributed by atoms with Crippen molar-refractivity contribution < 1.29 is 17.9 Å². The maximum absolute atomic E-state index is 13.3. The molecular weight excluding hydrogens is 412 g/mol. The van der Waals surface area contributed by atoms with Gasteiger partial charge in [0.25, 0.3) is 0 Å². The molecule has 0 N–H and O–H groups in total. The average molecular weight is 447 g/mol. The highest BCUT2D eigenvalue weighted by molar-refractivity contribution is 7.91. The summed E-state index contributed by atoms with van der Waals surface area (Å²) in [5.74, 6) is 1.06. The van der Waals surface area contributed by atoms with E-state index in [9.17, 15) is 13.2 Å². The van der Waals surface area contributed by atoms with Gasteiger partial charge in [-0.1, -0.05) is 37.3 Å². The summed E-state index contributed by atoms with van der Waals surface area (Å²) in [4.78, 5) is 17.0. The first-order valence-corrected chi connectivity index (χ1v) is 12.9. The van der Waals surface area contributed by atoms with Crippen molar-refractivity contribution in [3.63, 3.8) is 0 Å². The summed E-state index contributed by atoms with van der Waals surface area (Å²) in [6.45, 7) is 7.60. The van der Waals surface area contributed by atoms with E-state index in [0.29, 0.717) is 26.1 Å². The van der Waals surface area contributed by atoms with E-state index in [1.165, 1.54) is 0 Å². The molecule has 1 fully saturated rings. The third-order valence-corrected chi connectivity index (χ3v) is 7.91. The summed E-state index contributed by atoms with van der Waals surface area (Å²) < 4.78 is 29.8. The number of hydrogen-bond acceptors (Lipinski definition) is 5. The highest BCUT2D eigenvalue weighted by Crippen LogP contribution is 2.30. The predicted molar refractivity (Wildman–Crippen MR) is 125 cm³/mol. The van der Waals surface area contributed by atoms with Gasteiger partial charge in [-0.05, 0) is 50.6 Å². The fraction of sp³-hybridized carbons (Fsp3) is 0.542. The fourth-order valence-corrected chi connectivity index (χ4v) is 5.99. The van der Waals surface area contributed by atoms with Crippen molar-refractivity contribution in [1.29, 1.82) is 0 Å². The molecule has 7 heteroatoms. The van der Waals surface area contributed by atoms with Crippen LogP contribution < -0.4 is 4.74 Å². The predicted octanol–water partition coefficient (Wildman–Crippen LogP) is 3.48. The van der Waals surface area contributed by atoms with Crippen LogP contribution in [0.15, 0.2) is 36.4 Å². The summed E-state index contributed by atoms with van der Waals surface area (Å²) >= 11 is 0. The van der Waals surface area contributed by atoms with Gasteiger partial charge in [0.15, 0.2) is 9.84 Å². The standard InChI is InChI=1S/C24H34N2O4S/c1-5-14-30-23-12-11-19-9-7-8-10-21(19)22(23)16-25(4)18(3)24(27)26(6-2)20-13-15-31(28,29)17-20/h7-12,18,20H,5-6,13-17H2,1-4H3/t18-,20-/m1/s1. The number of rotatable bonds is 9. The highest BCUT2D eigenvalue weighted by atomic mass is 32.2. The lowest BCUT2D eigenvalue weighted by Crippen LogP contribution is -2.50. The molecule has 3 rings (SSSR count). The molecule has 0 spiro atoms. The molecule has 1 heterocycles. The number of fused-ring (bicyclic) bond motifs is 1. The Kier molecular flexibility index (Phi) is 7.59. The Balaban J connectivity index is 1.82. The van der Waals surface area contributed by atoms with E-state index in [1.54, 1.807) is 4.90 Å². The van der Waals surface area contributed by atoms with E-state index in [4.69, 9.17) is 4.74 Å². The van der Waals surface area contributed by atoms with E-state index < -0.39 is 9.84 Å². The molecule has 1 aliphatic rings.